The van der Waals surface area contributed by atoms with Crippen LogP contribution in [0.4, 0.5) is 16.2 Å². The summed E-state index contributed by atoms with van der Waals surface area (Å²) < 4.78 is 0. The van der Waals surface area contributed by atoms with Crippen molar-refractivity contribution >= 4 is 23.3 Å². The molecule has 6 nitrogen and oxygen atoms in total. The number of rotatable bonds is 4. The van der Waals surface area contributed by atoms with Gasteiger partial charge >= 0.3 is 6.03 Å². The van der Waals surface area contributed by atoms with Crippen LogP contribution in [0.15, 0.2) is 54.6 Å². The smallest absolute Gasteiger partial charge is 0.321 e. The SMILES string of the molecule is CC(=O)N(C)C1CCN(c2ccc(NC(=O)N3CCC(c4ccccc4)CC3)cc2)C1. The van der Waals surface area contributed by atoms with Crippen LogP contribution in [-0.4, -0.2) is 61.0 Å². The number of hydrogen-bond donors (Lipinski definition) is 1. The van der Waals surface area contributed by atoms with Crippen LogP contribution in [0.1, 0.15) is 37.7 Å². The van der Waals surface area contributed by atoms with Crippen LogP contribution in [0.25, 0.3) is 0 Å². The van der Waals surface area contributed by atoms with Crippen molar-refractivity contribution in [1.82, 2.24) is 9.80 Å². The van der Waals surface area contributed by atoms with Gasteiger partial charge in [-0.2, -0.15) is 0 Å². The van der Waals surface area contributed by atoms with Gasteiger partial charge in [-0.3, -0.25) is 4.79 Å². The third-order valence-electron chi connectivity index (χ3n) is 6.74. The summed E-state index contributed by atoms with van der Waals surface area (Å²) in [6.45, 7) is 4.96. The largest absolute Gasteiger partial charge is 0.369 e. The second kappa shape index (κ2) is 9.41. The molecule has 0 aromatic heterocycles. The molecule has 4 rings (SSSR count). The second-order valence-corrected chi connectivity index (χ2v) is 8.67. The van der Waals surface area contributed by atoms with Gasteiger partial charge in [0, 0.05) is 51.5 Å². The molecule has 2 aliphatic rings. The Bertz CT molecular complexity index is 891. The summed E-state index contributed by atoms with van der Waals surface area (Å²) in [4.78, 5) is 30.3. The Morgan fingerprint density at radius 2 is 1.61 bits per heavy atom. The Balaban J connectivity index is 1.28. The fraction of sp³-hybridized carbons (Fsp3) is 0.440. The zero-order valence-electron chi connectivity index (χ0n) is 18.5. The molecule has 3 amide bonds. The molecule has 2 aromatic carbocycles. The van der Waals surface area contributed by atoms with Crippen LogP contribution < -0.4 is 10.2 Å². The molecular formula is C25H32N4O2. The summed E-state index contributed by atoms with van der Waals surface area (Å²) in [6.07, 6.45) is 2.98. The number of carbonyl (C=O) groups is 2. The number of nitrogens with zero attached hydrogens (tertiary/aromatic N) is 3. The number of likely N-dealkylation sites (N-methyl/N-ethyl adjacent to an activating group) is 1. The van der Waals surface area contributed by atoms with Crippen molar-refractivity contribution in [3.05, 3.63) is 60.2 Å². The maximum absolute atomic E-state index is 12.7. The van der Waals surface area contributed by atoms with Crippen molar-refractivity contribution in [3.8, 4) is 0 Å². The quantitative estimate of drug-likeness (QED) is 0.808. The fourth-order valence-corrected chi connectivity index (χ4v) is 4.65. The first-order valence-corrected chi connectivity index (χ1v) is 11.2. The van der Waals surface area contributed by atoms with E-state index in [4.69, 9.17) is 0 Å². The van der Waals surface area contributed by atoms with Crippen LogP contribution in [-0.2, 0) is 4.79 Å². The minimum Gasteiger partial charge on any atom is -0.369 e. The molecule has 0 spiro atoms. The molecule has 0 aliphatic carbocycles. The van der Waals surface area contributed by atoms with Crippen LogP contribution >= 0.6 is 0 Å². The zero-order valence-corrected chi connectivity index (χ0v) is 18.5. The van der Waals surface area contributed by atoms with E-state index < -0.39 is 0 Å². The van der Waals surface area contributed by atoms with Crippen molar-refractivity contribution < 1.29 is 9.59 Å². The highest BCUT2D eigenvalue weighted by atomic mass is 16.2. The number of benzene rings is 2. The molecule has 1 atom stereocenters. The van der Waals surface area contributed by atoms with Gasteiger partial charge in [0.15, 0.2) is 0 Å². The van der Waals surface area contributed by atoms with E-state index in [1.165, 1.54) is 5.56 Å². The summed E-state index contributed by atoms with van der Waals surface area (Å²) in [5, 5.41) is 3.04. The zero-order chi connectivity index (χ0) is 21.8. The molecule has 31 heavy (non-hydrogen) atoms. The lowest BCUT2D eigenvalue weighted by Gasteiger charge is -2.32. The molecule has 2 fully saturated rings. The van der Waals surface area contributed by atoms with Gasteiger partial charge in [0.05, 0.1) is 6.04 Å². The average molecular weight is 421 g/mol. The number of urea groups is 1. The van der Waals surface area contributed by atoms with Gasteiger partial charge in [-0.1, -0.05) is 30.3 Å². The molecule has 2 aliphatic heterocycles. The summed E-state index contributed by atoms with van der Waals surface area (Å²) in [5.74, 6) is 0.647. The molecule has 0 bridgehead atoms. The lowest BCUT2D eigenvalue weighted by molar-refractivity contribution is -0.129. The number of piperidine rings is 1. The molecule has 1 unspecified atom stereocenters. The first-order chi connectivity index (χ1) is 15.0. The summed E-state index contributed by atoms with van der Waals surface area (Å²) in [6, 6.07) is 18.8. The van der Waals surface area contributed by atoms with Crippen molar-refractivity contribution in [2.45, 2.75) is 38.1 Å². The lowest BCUT2D eigenvalue weighted by Crippen LogP contribution is -2.40. The van der Waals surface area contributed by atoms with E-state index >= 15 is 0 Å². The van der Waals surface area contributed by atoms with E-state index in [-0.39, 0.29) is 18.0 Å². The molecule has 2 heterocycles. The number of nitrogens with one attached hydrogen (secondary N) is 1. The highest BCUT2D eigenvalue weighted by molar-refractivity contribution is 5.89. The predicted octanol–water partition coefficient (Wildman–Crippen LogP) is 4.16. The van der Waals surface area contributed by atoms with Crippen LogP contribution in [0.5, 0.6) is 0 Å². The molecule has 1 N–H and O–H groups in total. The number of anilines is 2. The maximum Gasteiger partial charge on any atom is 0.321 e. The topological polar surface area (TPSA) is 55.9 Å². The first kappa shape index (κ1) is 21.2. The van der Waals surface area contributed by atoms with Crippen LogP contribution in [0.2, 0.25) is 0 Å². The lowest BCUT2D eigenvalue weighted by atomic mass is 9.90. The Kier molecular flexibility index (Phi) is 6.44. The number of likely N-dealkylation sites (tertiary alicyclic amines) is 1. The first-order valence-electron chi connectivity index (χ1n) is 11.2. The Labute approximate surface area is 184 Å². The number of hydrogen-bond acceptors (Lipinski definition) is 3. The van der Waals surface area contributed by atoms with Crippen molar-refractivity contribution in [3.63, 3.8) is 0 Å². The van der Waals surface area contributed by atoms with E-state index in [0.29, 0.717) is 5.92 Å². The van der Waals surface area contributed by atoms with E-state index in [0.717, 1.165) is 56.8 Å². The van der Waals surface area contributed by atoms with Crippen molar-refractivity contribution in [1.29, 1.82) is 0 Å². The van der Waals surface area contributed by atoms with Gasteiger partial charge < -0.3 is 20.0 Å². The molecule has 6 heteroatoms. The average Bonchev–Trinajstić information content (AvgIpc) is 3.30. The summed E-state index contributed by atoms with van der Waals surface area (Å²) in [7, 11) is 1.87. The Morgan fingerprint density at radius 3 is 2.26 bits per heavy atom. The third-order valence-corrected chi connectivity index (χ3v) is 6.74. The van der Waals surface area contributed by atoms with Gasteiger partial charge in [-0.25, -0.2) is 4.79 Å². The van der Waals surface area contributed by atoms with Gasteiger partial charge in [-0.15, -0.1) is 0 Å². The standard InChI is InChI=1S/C25H32N4O2/c1-19(30)27(2)24-14-17-29(18-24)23-10-8-22(9-11-23)26-25(31)28-15-12-21(13-16-28)20-6-4-3-5-7-20/h3-11,21,24H,12-18H2,1-2H3,(H,26,31). The Hall–Kier alpha value is -3.02. The van der Waals surface area contributed by atoms with Gasteiger partial charge in [0.25, 0.3) is 0 Å². The summed E-state index contributed by atoms with van der Waals surface area (Å²) >= 11 is 0. The Morgan fingerprint density at radius 1 is 0.935 bits per heavy atom. The van der Waals surface area contributed by atoms with E-state index in [1.807, 2.05) is 47.2 Å². The summed E-state index contributed by atoms with van der Waals surface area (Å²) in [5.41, 5.74) is 3.31. The maximum atomic E-state index is 12.7. The van der Waals surface area contributed by atoms with Crippen molar-refractivity contribution in [2.75, 3.05) is 43.4 Å². The number of carbonyl (C=O) groups excluding carboxylic acids is 2. The van der Waals surface area contributed by atoms with E-state index in [1.54, 1.807) is 6.92 Å². The highest BCUT2D eigenvalue weighted by Gasteiger charge is 2.27. The molecule has 2 aromatic rings. The molecule has 2 saturated heterocycles. The highest BCUT2D eigenvalue weighted by Crippen LogP contribution is 2.28. The van der Waals surface area contributed by atoms with Gasteiger partial charge in [-0.05, 0) is 55.0 Å². The normalized spacial score (nSPS) is 19.4. The van der Waals surface area contributed by atoms with Gasteiger partial charge in [0.1, 0.15) is 0 Å². The van der Waals surface area contributed by atoms with E-state index in [9.17, 15) is 9.59 Å². The van der Waals surface area contributed by atoms with Crippen molar-refractivity contribution in [2.24, 2.45) is 0 Å². The predicted molar refractivity (Wildman–Crippen MR) is 125 cm³/mol. The molecular weight excluding hydrogens is 388 g/mol. The molecule has 0 saturated carbocycles. The molecule has 164 valence electrons. The van der Waals surface area contributed by atoms with Crippen LogP contribution in [0.3, 0.4) is 0 Å². The fourth-order valence-electron chi connectivity index (χ4n) is 4.65. The van der Waals surface area contributed by atoms with E-state index in [2.05, 4.69) is 34.5 Å². The third kappa shape index (κ3) is 5.01. The molecule has 0 radical (unpaired) electrons. The minimum absolute atomic E-state index is 0.0245. The monoisotopic (exact) mass is 420 g/mol. The minimum atomic E-state index is -0.0245. The van der Waals surface area contributed by atoms with Gasteiger partial charge in [0.2, 0.25) is 5.91 Å². The number of amides is 3. The second-order valence-electron chi connectivity index (χ2n) is 8.67. The van der Waals surface area contributed by atoms with Crippen LogP contribution in [0, 0.1) is 0 Å².